The van der Waals surface area contributed by atoms with Crippen LogP contribution >= 0.6 is 0 Å². The van der Waals surface area contributed by atoms with Crippen molar-refractivity contribution in [1.82, 2.24) is 14.9 Å². The number of ether oxygens (including phenoxy) is 1. The molecule has 0 unspecified atom stereocenters. The molecular weight excluding hydrogens is 244 g/mol. The number of hydrogen-bond acceptors (Lipinski definition) is 4. The highest BCUT2D eigenvalue weighted by atomic mass is 16.5. The fraction of sp³-hybridized carbons (Fsp3) is 0.231. The second-order valence-electron chi connectivity index (χ2n) is 4.07. The van der Waals surface area contributed by atoms with Crippen LogP contribution in [0.15, 0.2) is 36.8 Å². The number of nitrogens with zero attached hydrogens (tertiary/aromatic N) is 2. The topological polar surface area (TPSA) is 82.2 Å². The number of imidazole rings is 1. The summed E-state index contributed by atoms with van der Waals surface area (Å²) in [6.45, 7) is 0.747. The summed E-state index contributed by atoms with van der Waals surface area (Å²) >= 11 is 0. The normalized spacial score (nSPS) is 10.2. The van der Waals surface area contributed by atoms with Gasteiger partial charge in [-0.15, -0.1) is 0 Å². The zero-order valence-electron chi connectivity index (χ0n) is 10.7. The maximum atomic E-state index is 11.7. The number of nitrogens with two attached hydrogens (primary N) is 1. The summed E-state index contributed by atoms with van der Waals surface area (Å²) in [5, 5.41) is 2.72. The summed E-state index contributed by atoms with van der Waals surface area (Å²) in [5.74, 6) is 0.403. The lowest BCUT2D eigenvalue weighted by Gasteiger charge is -2.08. The van der Waals surface area contributed by atoms with Crippen LogP contribution in [0.2, 0.25) is 0 Å². The monoisotopic (exact) mass is 260 g/mol. The van der Waals surface area contributed by atoms with Gasteiger partial charge in [-0.25, -0.2) is 4.98 Å². The van der Waals surface area contributed by atoms with Gasteiger partial charge in [0, 0.05) is 13.2 Å². The molecule has 0 atom stereocenters. The lowest BCUT2D eigenvalue weighted by molar-refractivity contribution is 0.0942. The van der Waals surface area contributed by atoms with E-state index in [0.717, 1.165) is 0 Å². The third-order valence-electron chi connectivity index (χ3n) is 2.50. The molecule has 1 aromatic heterocycles. The van der Waals surface area contributed by atoms with Gasteiger partial charge in [-0.3, -0.25) is 4.79 Å². The number of nitrogens with one attached hydrogen (secondary N) is 1. The zero-order chi connectivity index (χ0) is 13.7. The van der Waals surface area contributed by atoms with Crippen molar-refractivity contribution >= 4 is 11.6 Å². The van der Waals surface area contributed by atoms with Crippen molar-refractivity contribution in [2.24, 2.45) is 7.05 Å². The van der Waals surface area contributed by atoms with Gasteiger partial charge in [0.1, 0.15) is 18.1 Å². The average Bonchev–Trinajstić information content (AvgIpc) is 2.83. The van der Waals surface area contributed by atoms with E-state index in [1.807, 2.05) is 19.2 Å². The summed E-state index contributed by atoms with van der Waals surface area (Å²) in [5.41, 5.74) is 6.70. The third-order valence-corrected chi connectivity index (χ3v) is 2.50. The van der Waals surface area contributed by atoms with Crippen molar-refractivity contribution in [2.45, 2.75) is 0 Å². The number of benzene rings is 1. The maximum Gasteiger partial charge on any atom is 0.271 e. The van der Waals surface area contributed by atoms with Crippen molar-refractivity contribution in [3.05, 3.63) is 42.5 Å². The SMILES string of the molecule is Cn1cnc(C(=O)NCCOc2ccccc2N)c1. The Balaban J connectivity index is 1.75. The third kappa shape index (κ3) is 3.48. The highest BCUT2D eigenvalue weighted by Gasteiger charge is 2.07. The molecule has 6 nitrogen and oxygen atoms in total. The molecule has 1 aromatic carbocycles. The first-order chi connectivity index (χ1) is 9.16. The van der Waals surface area contributed by atoms with Crippen LogP contribution in [-0.2, 0) is 7.05 Å². The maximum absolute atomic E-state index is 11.7. The summed E-state index contributed by atoms with van der Waals surface area (Å²) < 4.78 is 7.18. The quantitative estimate of drug-likeness (QED) is 0.615. The van der Waals surface area contributed by atoms with Gasteiger partial charge in [0.15, 0.2) is 0 Å². The zero-order valence-corrected chi connectivity index (χ0v) is 10.7. The molecule has 0 bridgehead atoms. The van der Waals surface area contributed by atoms with E-state index in [0.29, 0.717) is 30.3 Å². The van der Waals surface area contributed by atoms with E-state index in [9.17, 15) is 4.79 Å². The Labute approximate surface area is 111 Å². The minimum absolute atomic E-state index is 0.217. The summed E-state index contributed by atoms with van der Waals surface area (Å²) in [6, 6.07) is 7.24. The summed E-state index contributed by atoms with van der Waals surface area (Å²) in [7, 11) is 1.81. The van der Waals surface area contributed by atoms with Gasteiger partial charge in [-0.05, 0) is 12.1 Å². The molecule has 2 aromatic rings. The fourth-order valence-corrected chi connectivity index (χ4v) is 1.56. The first-order valence-electron chi connectivity index (χ1n) is 5.90. The second-order valence-corrected chi connectivity index (χ2v) is 4.07. The molecule has 2 rings (SSSR count). The lowest BCUT2D eigenvalue weighted by atomic mass is 10.3. The molecule has 1 amide bonds. The van der Waals surface area contributed by atoms with Gasteiger partial charge < -0.3 is 20.4 Å². The van der Waals surface area contributed by atoms with Crippen molar-refractivity contribution in [3.63, 3.8) is 0 Å². The smallest absolute Gasteiger partial charge is 0.271 e. The molecule has 0 saturated carbocycles. The van der Waals surface area contributed by atoms with Crippen LogP contribution in [0.3, 0.4) is 0 Å². The summed E-state index contributed by atoms with van der Waals surface area (Å²) in [4.78, 5) is 15.6. The van der Waals surface area contributed by atoms with E-state index in [1.54, 1.807) is 29.2 Å². The molecule has 0 saturated heterocycles. The minimum atomic E-state index is -0.217. The number of carbonyl (C=O) groups is 1. The number of nitrogen functional groups attached to an aromatic ring is 1. The summed E-state index contributed by atoms with van der Waals surface area (Å²) in [6.07, 6.45) is 3.24. The Kier molecular flexibility index (Phi) is 4.02. The standard InChI is InChI=1S/C13H16N4O2/c1-17-8-11(16-9-17)13(18)15-6-7-19-12-5-3-2-4-10(12)14/h2-5,8-9H,6-7,14H2,1H3,(H,15,18). The van der Waals surface area contributed by atoms with Crippen molar-refractivity contribution in [3.8, 4) is 5.75 Å². The van der Waals surface area contributed by atoms with Crippen LogP contribution in [0.5, 0.6) is 5.75 Å². The highest BCUT2D eigenvalue weighted by molar-refractivity contribution is 5.91. The van der Waals surface area contributed by atoms with E-state index in [4.69, 9.17) is 10.5 Å². The first-order valence-corrected chi connectivity index (χ1v) is 5.90. The Bertz CT molecular complexity index is 565. The van der Waals surface area contributed by atoms with Gasteiger partial charge in [-0.1, -0.05) is 12.1 Å². The molecule has 0 spiro atoms. The van der Waals surface area contributed by atoms with Crippen LogP contribution in [0.25, 0.3) is 0 Å². The molecule has 100 valence electrons. The molecule has 6 heteroatoms. The van der Waals surface area contributed by atoms with Crippen LogP contribution in [0.4, 0.5) is 5.69 Å². The number of carbonyl (C=O) groups excluding carboxylic acids is 1. The molecule has 3 N–H and O–H groups in total. The number of rotatable bonds is 5. The molecule has 0 aliphatic rings. The van der Waals surface area contributed by atoms with E-state index in [-0.39, 0.29) is 5.91 Å². The van der Waals surface area contributed by atoms with E-state index in [2.05, 4.69) is 10.3 Å². The van der Waals surface area contributed by atoms with Gasteiger partial charge in [-0.2, -0.15) is 0 Å². The number of aromatic nitrogens is 2. The fourth-order valence-electron chi connectivity index (χ4n) is 1.56. The van der Waals surface area contributed by atoms with Crippen molar-refractivity contribution in [1.29, 1.82) is 0 Å². The number of para-hydroxylation sites is 2. The molecule has 0 fully saturated rings. The second kappa shape index (κ2) is 5.90. The Morgan fingerprint density at radius 2 is 2.26 bits per heavy atom. The van der Waals surface area contributed by atoms with E-state index < -0.39 is 0 Å². The van der Waals surface area contributed by atoms with Gasteiger partial charge in [0.25, 0.3) is 5.91 Å². The molecule has 0 aliphatic heterocycles. The Morgan fingerprint density at radius 3 is 2.95 bits per heavy atom. The first kappa shape index (κ1) is 12.9. The van der Waals surface area contributed by atoms with Gasteiger partial charge in [0.05, 0.1) is 18.6 Å². The van der Waals surface area contributed by atoms with Crippen LogP contribution in [0, 0.1) is 0 Å². The lowest BCUT2D eigenvalue weighted by Crippen LogP contribution is -2.28. The van der Waals surface area contributed by atoms with Crippen molar-refractivity contribution < 1.29 is 9.53 Å². The predicted octanol–water partition coefficient (Wildman–Crippen LogP) is 0.811. The van der Waals surface area contributed by atoms with E-state index >= 15 is 0 Å². The average molecular weight is 260 g/mol. The molecule has 1 heterocycles. The number of hydrogen-bond donors (Lipinski definition) is 2. The van der Waals surface area contributed by atoms with Crippen LogP contribution in [0.1, 0.15) is 10.5 Å². The van der Waals surface area contributed by atoms with Crippen LogP contribution in [-0.4, -0.2) is 28.6 Å². The molecule has 0 radical (unpaired) electrons. The number of aryl methyl sites for hydroxylation is 1. The molecule has 0 aliphatic carbocycles. The van der Waals surface area contributed by atoms with Gasteiger partial charge >= 0.3 is 0 Å². The predicted molar refractivity (Wildman–Crippen MR) is 71.9 cm³/mol. The minimum Gasteiger partial charge on any atom is -0.490 e. The van der Waals surface area contributed by atoms with E-state index in [1.165, 1.54) is 0 Å². The van der Waals surface area contributed by atoms with Crippen molar-refractivity contribution in [2.75, 3.05) is 18.9 Å². The molecule has 19 heavy (non-hydrogen) atoms. The number of amides is 1. The number of anilines is 1. The van der Waals surface area contributed by atoms with Crippen LogP contribution < -0.4 is 15.8 Å². The molecular formula is C13H16N4O2. The Morgan fingerprint density at radius 1 is 1.47 bits per heavy atom. The highest BCUT2D eigenvalue weighted by Crippen LogP contribution is 2.19. The largest absolute Gasteiger partial charge is 0.490 e. The van der Waals surface area contributed by atoms with Gasteiger partial charge in [0.2, 0.25) is 0 Å². The Hall–Kier alpha value is -2.50.